The van der Waals surface area contributed by atoms with Crippen molar-refractivity contribution in [1.82, 2.24) is 4.98 Å². The molecule has 16 heavy (non-hydrogen) atoms. The number of hydrogen-bond donors (Lipinski definition) is 2. The SMILES string of the molecule is NCc1c[nH]c(=O)c(OC(F)(F)F)c1C=O. The Balaban J connectivity index is 3.35. The summed E-state index contributed by atoms with van der Waals surface area (Å²) < 4.78 is 39.3. The second-order valence-corrected chi connectivity index (χ2v) is 2.76. The molecule has 1 rings (SSSR count). The summed E-state index contributed by atoms with van der Waals surface area (Å²) in [6, 6.07) is 0. The van der Waals surface area contributed by atoms with Gasteiger partial charge in [0.15, 0.2) is 6.29 Å². The smallest absolute Gasteiger partial charge is 0.399 e. The van der Waals surface area contributed by atoms with Crippen molar-refractivity contribution in [1.29, 1.82) is 0 Å². The van der Waals surface area contributed by atoms with E-state index in [1.54, 1.807) is 0 Å². The first kappa shape index (κ1) is 12.2. The number of hydrogen-bond acceptors (Lipinski definition) is 4. The molecule has 0 bridgehead atoms. The van der Waals surface area contributed by atoms with Crippen LogP contribution in [-0.4, -0.2) is 17.6 Å². The third kappa shape index (κ3) is 2.60. The zero-order valence-corrected chi connectivity index (χ0v) is 7.80. The van der Waals surface area contributed by atoms with Crippen molar-refractivity contribution < 1.29 is 22.7 Å². The first-order valence-corrected chi connectivity index (χ1v) is 4.04. The number of H-pyrrole nitrogens is 1. The van der Waals surface area contributed by atoms with Crippen molar-refractivity contribution in [2.75, 3.05) is 0 Å². The van der Waals surface area contributed by atoms with Crippen LogP contribution >= 0.6 is 0 Å². The molecule has 0 saturated heterocycles. The first-order valence-electron chi connectivity index (χ1n) is 4.04. The largest absolute Gasteiger partial charge is 0.573 e. The molecule has 8 heteroatoms. The number of carbonyl (C=O) groups excluding carboxylic acids is 1. The summed E-state index contributed by atoms with van der Waals surface area (Å²) >= 11 is 0. The standard InChI is InChI=1S/C8H7F3N2O3/c9-8(10,11)16-6-5(3-14)4(1-12)2-13-7(6)15/h2-3H,1,12H2,(H,13,15). The van der Waals surface area contributed by atoms with E-state index in [9.17, 15) is 22.8 Å². The van der Waals surface area contributed by atoms with E-state index in [2.05, 4.69) is 4.74 Å². The number of pyridine rings is 1. The molecule has 1 aromatic rings. The molecule has 5 nitrogen and oxygen atoms in total. The van der Waals surface area contributed by atoms with E-state index in [1.807, 2.05) is 4.98 Å². The lowest BCUT2D eigenvalue weighted by atomic mass is 10.1. The summed E-state index contributed by atoms with van der Waals surface area (Å²) in [6.45, 7) is -0.195. The van der Waals surface area contributed by atoms with E-state index < -0.39 is 23.2 Å². The van der Waals surface area contributed by atoms with Crippen LogP contribution in [0.5, 0.6) is 5.75 Å². The molecule has 3 N–H and O–H groups in total. The van der Waals surface area contributed by atoms with Crippen LogP contribution in [-0.2, 0) is 6.54 Å². The highest BCUT2D eigenvalue weighted by molar-refractivity contribution is 5.81. The summed E-state index contributed by atoms with van der Waals surface area (Å²) in [5.74, 6) is -1.09. The molecule has 1 heterocycles. The van der Waals surface area contributed by atoms with Gasteiger partial charge in [-0.15, -0.1) is 13.2 Å². The zero-order chi connectivity index (χ0) is 12.3. The fraction of sp³-hybridized carbons (Fsp3) is 0.250. The minimum absolute atomic E-state index is 0.0638. The Bertz CT molecular complexity index is 453. The molecule has 0 radical (unpaired) electrons. The number of alkyl halides is 3. The number of aromatic nitrogens is 1. The topological polar surface area (TPSA) is 85.2 Å². The van der Waals surface area contributed by atoms with Crippen LogP contribution in [0.3, 0.4) is 0 Å². The van der Waals surface area contributed by atoms with Gasteiger partial charge in [-0.1, -0.05) is 0 Å². The number of ether oxygens (including phenoxy) is 1. The molecule has 0 aliphatic rings. The average molecular weight is 236 g/mol. The molecule has 0 saturated carbocycles. The van der Waals surface area contributed by atoms with Crippen molar-refractivity contribution in [3.63, 3.8) is 0 Å². The Morgan fingerprint density at radius 2 is 2.12 bits per heavy atom. The van der Waals surface area contributed by atoms with E-state index in [4.69, 9.17) is 5.73 Å². The number of aromatic amines is 1. The number of rotatable bonds is 3. The van der Waals surface area contributed by atoms with Gasteiger partial charge < -0.3 is 15.5 Å². The molecular weight excluding hydrogens is 229 g/mol. The molecule has 0 spiro atoms. The lowest BCUT2D eigenvalue weighted by molar-refractivity contribution is -0.275. The van der Waals surface area contributed by atoms with Gasteiger partial charge in [0.1, 0.15) is 0 Å². The van der Waals surface area contributed by atoms with E-state index in [0.717, 1.165) is 6.20 Å². The molecular formula is C8H7F3N2O3. The van der Waals surface area contributed by atoms with Crippen LogP contribution in [0.1, 0.15) is 15.9 Å². The predicted molar refractivity (Wildman–Crippen MR) is 47.0 cm³/mol. The number of nitrogens with two attached hydrogens (primary N) is 1. The molecule has 0 aromatic carbocycles. The van der Waals surface area contributed by atoms with E-state index in [0.29, 0.717) is 0 Å². The Morgan fingerprint density at radius 3 is 2.56 bits per heavy atom. The first-order chi connectivity index (χ1) is 7.39. The van der Waals surface area contributed by atoms with Crippen molar-refractivity contribution in [2.24, 2.45) is 5.73 Å². The fourth-order valence-corrected chi connectivity index (χ4v) is 1.08. The molecule has 0 aliphatic carbocycles. The minimum atomic E-state index is -5.04. The van der Waals surface area contributed by atoms with Crippen molar-refractivity contribution in [3.8, 4) is 5.75 Å². The van der Waals surface area contributed by atoms with Gasteiger partial charge in [-0.05, 0) is 5.56 Å². The van der Waals surface area contributed by atoms with Crippen LogP contribution in [0.2, 0.25) is 0 Å². The second kappa shape index (κ2) is 4.35. The van der Waals surface area contributed by atoms with Crippen LogP contribution in [0.15, 0.2) is 11.0 Å². The minimum Gasteiger partial charge on any atom is -0.399 e. The van der Waals surface area contributed by atoms with Gasteiger partial charge in [0, 0.05) is 12.7 Å². The maximum atomic E-state index is 12.0. The van der Waals surface area contributed by atoms with Crippen LogP contribution in [0.4, 0.5) is 13.2 Å². The van der Waals surface area contributed by atoms with Gasteiger partial charge in [-0.3, -0.25) is 9.59 Å². The highest BCUT2D eigenvalue weighted by atomic mass is 19.4. The summed E-state index contributed by atoms with van der Waals surface area (Å²) in [7, 11) is 0. The van der Waals surface area contributed by atoms with Gasteiger partial charge >= 0.3 is 6.36 Å². The lowest BCUT2D eigenvalue weighted by Gasteiger charge is -2.11. The van der Waals surface area contributed by atoms with Gasteiger partial charge in [-0.2, -0.15) is 0 Å². The van der Waals surface area contributed by atoms with Crippen molar-refractivity contribution >= 4 is 6.29 Å². The van der Waals surface area contributed by atoms with Gasteiger partial charge in [-0.25, -0.2) is 0 Å². The van der Waals surface area contributed by atoms with Crippen LogP contribution in [0, 0.1) is 0 Å². The normalized spacial score (nSPS) is 11.2. The van der Waals surface area contributed by atoms with E-state index >= 15 is 0 Å². The molecule has 0 unspecified atom stereocenters. The Hall–Kier alpha value is -1.83. The maximum Gasteiger partial charge on any atom is 0.573 e. The van der Waals surface area contributed by atoms with E-state index in [-0.39, 0.29) is 18.4 Å². The van der Waals surface area contributed by atoms with Crippen LogP contribution in [0.25, 0.3) is 0 Å². The van der Waals surface area contributed by atoms with E-state index in [1.165, 1.54) is 0 Å². The highest BCUT2D eigenvalue weighted by Crippen LogP contribution is 2.23. The van der Waals surface area contributed by atoms with Crippen molar-refractivity contribution in [3.05, 3.63) is 27.7 Å². The lowest BCUT2D eigenvalue weighted by Crippen LogP contribution is -2.25. The number of halogens is 3. The number of nitrogens with one attached hydrogen (secondary N) is 1. The monoisotopic (exact) mass is 236 g/mol. The fourth-order valence-electron chi connectivity index (χ4n) is 1.08. The Kier molecular flexibility index (Phi) is 3.33. The summed E-state index contributed by atoms with van der Waals surface area (Å²) in [4.78, 5) is 23.7. The average Bonchev–Trinajstić information content (AvgIpc) is 2.19. The predicted octanol–water partition coefficient (Wildman–Crippen LogP) is 0.545. The zero-order valence-electron chi connectivity index (χ0n) is 7.80. The van der Waals surface area contributed by atoms with Crippen molar-refractivity contribution in [2.45, 2.75) is 12.9 Å². The molecule has 0 aliphatic heterocycles. The van der Waals surface area contributed by atoms with Gasteiger partial charge in [0.05, 0.1) is 5.56 Å². The third-order valence-electron chi connectivity index (χ3n) is 1.73. The molecule has 1 aromatic heterocycles. The molecule has 0 amide bonds. The van der Waals surface area contributed by atoms with Gasteiger partial charge in [0.2, 0.25) is 5.75 Å². The van der Waals surface area contributed by atoms with Gasteiger partial charge in [0.25, 0.3) is 5.56 Å². The summed E-state index contributed by atoms with van der Waals surface area (Å²) in [6.07, 6.45) is -3.88. The number of carbonyl (C=O) groups is 1. The molecule has 0 atom stereocenters. The molecule has 88 valence electrons. The Labute approximate surface area is 87.0 Å². The van der Waals surface area contributed by atoms with Crippen LogP contribution < -0.4 is 16.0 Å². The highest BCUT2D eigenvalue weighted by Gasteiger charge is 2.34. The third-order valence-corrected chi connectivity index (χ3v) is 1.73. The Morgan fingerprint density at radius 1 is 1.50 bits per heavy atom. The second-order valence-electron chi connectivity index (χ2n) is 2.76. The quantitative estimate of drug-likeness (QED) is 0.750. The summed E-state index contributed by atoms with van der Waals surface area (Å²) in [5, 5.41) is 0. The molecule has 0 fully saturated rings. The number of aldehydes is 1. The summed E-state index contributed by atoms with van der Waals surface area (Å²) in [5.41, 5.74) is 3.62. The maximum absolute atomic E-state index is 12.0.